The zero-order chi connectivity index (χ0) is 24.1. The summed E-state index contributed by atoms with van der Waals surface area (Å²) in [6.07, 6.45) is 0. The van der Waals surface area contributed by atoms with E-state index in [4.69, 9.17) is 30.5 Å². The molecule has 0 radical (unpaired) electrons. The van der Waals surface area contributed by atoms with Crippen LogP contribution in [0, 0.1) is 0 Å². The molecule has 1 N–H and O–H groups in total. The molecule has 1 aliphatic rings. The van der Waals surface area contributed by atoms with Crippen molar-refractivity contribution in [1.29, 1.82) is 0 Å². The van der Waals surface area contributed by atoms with Crippen LogP contribution in [-0.4, -0.2) is 62.8 Å². The van der Waals surface area contributed by atoms with Gasteiger partial charge < -0.3 is 29.0 Å². The van der Waals surface area contributed by atoms with Crippen LogP contribution in [0.2, 0.25) is 5.02 Å². The minimum absolute atomic E-state index is 0.0794. The van der Waals surface area contributed by atoms with Crippen molar-refractivity contribution in [3.8, 4) is 17.2 Å². The van der Waals surface area contributed by atoms with Gasteiger partial charge in [0.05, 0.1) is 49.6 Å². The number of hydrogen-bond donors (Lipinski definition) is 1. The molecule has 0 aliphatic carbocycles. The number of aliphatic hydroxyl groups is 1. The zero-order valence-corrected chi connectivity index (χ0v) is 19.6. The predicted molar refractivity (Wildman–Crippen MR) is 123 cm³/mol. The fourth-order valence-electron chi connectivity index (χ4n) is 3.78. The summed E-state index contributed by atoms with van der Waals surface area (Å²) >= 11 is 6.27. The maximum atomic E-state index is 13.1. The van der Waals surface area contributed by atoms with Crippen LogP contribution in [0.5, 0.6) is 17.2 Å². The number of halogens is 1. The van der Waals surface area contributed by atoms with Crippen LogP contribution < -0.4 is 14.2 Å². The van der Waals surface area contributed by atoms with Gasteiger partial charge in [0.2, 0.25) is 0 Å². The van der Waals surface area contributed by atoms with Gasteiger partial charge in [-0.1, -0.05) is 23.7 Å². The van der Waals surface area contributed by atoms with Crippen molar-refractivity contribution >= 4 is 29.1 Å². The molecule has 1 atom stereocenters. The van der Waals surface area contributed by atoms with E-state index in [0.717, 1.165) is 0 Å². The molecule has 1 heterocycles. The van der Waals surface area contributed by atoms with Crippen molar-refractivity contribution in [2.75, 3.05) is 41.1 Å². The number of rotatable bonds is 9. The Morgan fingerprint density at radius 1 is 1.09 bits per heavy atom. The Balaban J connectivity index is 2.23. The summed E-state index contributed by atoms with van der Waals surface area (Å²) in [5.74, 6) is -0.799. The Kier molecular flexibility index (Phi) is 7.84. The van der Waals surface area contributed by atoms with E-state index in [1.54, 1.807) is 24.3 Å². The van der Waals surface area contributed by atoms with Crippen molar-refractivity contribution in [2.24, 2.45) is 0 Å². The lowest BCUT2D eigenvalue weighted by atomic mass is 9.94. The van der Waals surface area contributed by atoms with Gasteiger partial charge >= 0.3 is 0 Å². The number of benzene rings is 2. The highest BCUT2D eigenvalue weighted by atomic mass is 35.5. The second kappa shape index (κ2) is 10.6. The summed E-state index contributed by atoms with van der Waals surface area (Å²) in [7, 11) is 4.37. The molecule has 9 heteroatoms. The molecule has 3 rings (SSSR count). The van der Waals surface area contributed by atoms with E-state index in [9.17, 15) is 14.7 Å². The maximum absolute atomic E-state index is 13.1. The minimum atomic E-state index is -0.855. The van der Waals surface area contributed by atoms with E-state index in [1.807, 2.05) is 6.92 Å². The van der Waals surface area contributed by atoms with E-state index in [0.29, 0.717) is 23.7 Å². The molecule has 0 spiro atoms. The third kappa shape index (κ3) is 4.77. The topological polar surface area (TPSA) is 94.5 Å². The minimum Gasteiger partial charge on any atom is -0.507 e. The number of carbonyl (C=O) groups excluding carboxylic acids is 2. The van der Waals surface area contributed by atoms with Gasteiger partial charge in [0, 0.05) is 19.7 Å². The molecule has 1 fully saturated rings. The first kappa shape index (κ1) is 24.4. The molecule has 2 aromatic carbocycles. The average Bonchev–Trinajstić information content (AvgIpc) is 3.07. The number of Topliss-reactive ketones (excluding diaryl/α,β-unsaturated/α-hetero) is 1. The van der Waals surface area contributed by atoms with E-state index >= 15 is 0 Å². The maximum Gasteiger partial charge on any atom is 0.295 e. The number of nitrogens with zero attached hydrogens (tertiary/aromatic N) is 1. The number of methoxy groups -OCH3 is 3. The van der Waals surface area contributed by atoms with Crippen LogP contribution in [0.1, 0.15) is 24.1 Å². The van der Waals surface area contributed by atoms with Crippen molar-refractivity contribution in [3.63, 3.8) is 0 Å². The standard InChI is InChI=1S/C24H26ClNO7/c1-5-33-15-8-6-7-14(11-15)21-20(23(28)24(29)26(21)9-10-30-2)22(27)16-12-17(25)19(32-4)13-18(16)31-3/h6-8,11-13,21,27H,5,9-10H2,1-4H3/b22-20+. The van der Waals surface area contributed by atoms with Gasteiger partial charge in [-0.25, -0.2) is 0 Å². The Morgan fingerprint density at radius 3 is 2.45 bits per heavy atom. The van der Waals surface area contributed by atoms with Crippen LogP contribution in [0.3, 0.4) is 0 Å². The molecule has 1 aliphatic heterocycles. The second-order valence-electron chi connectivity index (χ2n) is 7.18. The molecule has 0 bridgehead atoms. The number of carbonyl (C=O) groups is 2. The van der Waals surface area contributed by atoms with Gasteiger partial charge in [0.15, 0.2) is 0 Å². The van der Waals surface area contributed by atoms with E-state index in [2.05, 4.69) is 0 Å². The molecule has 8 nitrogen and oxygen atoms in total. The fourth-order valence-corrected chi connectivity index (χ4v) is 4.02. The van der Waals surface area contributed by atoms with Crippen LogP contribution in [0.25, 0.3) is 5.76 Å². The lowest BCUT2D eigenvalue weighted by Crippen LogP contribution is -2.32. The molecule has 1 unspecified atom stereocenters. The third-order valence-corrected chi connectivity index (χ3v) is 5.59. The first-order valence-corrected chi connectivity index (χ1v) is 10.7. The molecule has 176 valence electrons. The van der Waals surface area contributed by atoms with Gasteiger partial charge in [-0.05, 0) is 30.7 Å². The summed E-state index contributed by atoms with van der Waals surface area (Å²) in [5.41, 5.74) is 0.694. The van der Waals surface area contributed by atoms with Crippen molar-refractivity contribution < 1.29 is 33.6 Å². The lowest BCUT2D eigenvalue weighted by molar-refractivity contribution is -0.140. The quantitative estimate of drug-likeness (QED) is 0.334. The number of ether oxygens (including phenoxy) is 4. The summed E-state index contributed by atoms with van der Waals surface area (Å²) < 4.78 is 21.3. The van der Waals surface area contributed by atoms with Crippen molar-refractivity contribution in [2.45, 2.75) is 13.0 Å². The first-order valence-electron chi connectivity index (χ1n) is 10.3. The Morgan fingerprint density at radius 2 is 1.82 bits per heavy atom. The lowest BCUT2D eigenvalue weighted by Gasteiger charge is -2.25. The summed E-state index contributed by atoms with van der Waals surface area (Å²) in [4.78, 5) is 27.4. The van der Waals surface area contributed by atoms with E-state index in [1.165, 1.54) is 38.4 Å². The summed E-state index contributed by atoms with van der Waals surface area (Å²) in [5, 5.41) is 11.5. The monoisotopic (exact) mass is 475 g/mol. The van der Waals surface area contributed by atoms with Gasteiger partial charge in [-0.3, -0.25) is 9.59 Å². The molecular formula is C24H26ClNO7. The molecule has 1 amide bonds. The number of likely N-dealkylation sites (tertiary alicyclic amines) is 1. The van der Waals surface area contributed by atoms with Crippen molar-refractivity contribution in [1.82, 2.24) is 4.90 Å². The number of aliphatic hydroxyl groups excluding tert-OH is 1. The van der Waals surface area contributed by atoms with Crippen LogP contribution in [0.15, 0.2) is 42.0 Å². The normalized spacial score (nSPS) is 17.4. The van der Waals surface area contributed by atoms with Crippen LogP contribution >= 0.6 is 11.6 Å². The smallest absolute Gasteiger partial charge is 0.295 e. The number of amides is 1. The average molecular weight is 476 g/mol. The van der Waals surface area contributed by atoms with E-state index < -0.39 is 23.5 Å². The van der Waals surface area contributed by atoms with E-state index in [-0.39, 0.29) is 35.1 Å². The number of ketones is 1. The SMILES string of the molecule is CCOc1cccc(C2/C(=C(\O)c3cc(Cl)c(OC)cc3OC)C(=O)C(=O)N2CCOC)c1. The Hall–Kier alpha value is -3.23. The molecule has 0 saturated carbocycles. The highest BCUT2D eigenvalue weighted by Gasteiger charge is 2.46. The summed E-state index contributed by atoms with van der Waals surface area (Å²) in [6, 6.07) is 9.14. The van der Waals surface area contributed by atoms with Gasteiger partial charge in [0.25, 0.3) is 11.7 Å². The predicted octanol–water partition coefficient (Wildman–Crippen LogP) is 3.82. The highest BCUT2D eigenvalue weighted by molar-refractivity contribution is 6.46. The highest BCUT2D eigenvalue weighted by Crippen LogP contribution is 2.43. The van der Waals surface area contributed by atoms with Crippen LogP contribution in [0.4, 0.5) is 0 Å². The zero-order valence-electron chi connectivity index (χ0n) is 18.9. The van der Waals surface area contributed by atoms with Crippen molar-refractivity contribution in [3.05, 3.63) is 58.1 Å². The van der Waals surface area contributed by atoms with Gasteiger partial charge in [-0.2, -0.15) is 0 Å². The molecule has 2 aromatic rings. The third-order valence-electron chi connectivity index (χ3n) is 5.29. The molecule has 33 heavy (non-hydrogen) atoms. The molecular weight excluding hydrogens is 450 g/mol. The second-order valence-corrected chi connectivity index (χ2v) is 7.59. The first-order chi connectivity index (χ1) is 15.9. The molecule has 1 saturated heterocycles. The Labute approximate surface area is 197 Å². The van der Waals surface area contributed by atoms with Gasteiger partial charge in [0.1, 0.15) is 23.0 Å². The number of hydrogen-bond acceptors (Lipinski definition) is 7. The fraction of sp³-hybridized carbons (Fsp3) is 0.333. The summed E-state index contributed by atoms with van der Waals surface area (Å²) in [6.45, 7) is 2.68. The van der Waals surface area contributed by atoms with Crippen LogP contribution in [-0.2, 0) is 14.3 Å². The molecule has 0 aromatic heterocycles. The Bertz CT molecular complexity index is 1080. The van der Waals surface area contributed by atoms with Gasteiger partial charge in [-0.15, -0.1) is 0 Å². The largest absolute Gasteiger partial charge is 0.507 e.